The van der Waals surface area contributed by atoms with E-state index < -0.39 is 0 Å². The number of para-hydroxylation sites is 1. The van der Waals surface area contributed by atoms with E-state index in [4.69, 9.17) is 9.78 Å². The predicted octanol–water partition coefficient (Wildman–Crippen LogP) is 4.02. The summed E-state index contributed by atoms with van der Waals surface area (Å²) in [6, 6.07) is 16.1. The smallest absolute Gasteiger partial charge is 0.173 e. The number of thioether (sulfide) groups is 1. The minimum Gasteiger partial charge on any atom is -0.337 e. The van der Waals surface area contributed by atoms with Gasteiger partial charge in [0.05, 0.1) is 7.11 Å². The molecule has 88 valence electrons. The summed E-state index contributed by atoms with van der Waals surface area (Å²) in [5.74, 6) is 0.733. The fraction of sp³-hybridized carbons (Fsp3) is 0.143. The topological polar surface area (TPSA) is 18.5 Å². The Morgan fingerprint density at radius 1 is 0.882 bits per heavy atom. The van der Waals surface area contributed by atoms with E-state index in [2.05, 4.69) is 18.4 Å². The van der Waals surface area contributed by atoms with Gasteiger partial charge in [-0.2, -0.15) is 4.89 Å². The van der Waals surface area contributed by atoms with Gasteiger partial charge in [0.15, 0.2) is 5.75 Å². The van der Waals surface area contributed by atoms with Crippen LogP contribution >= 0.6 is 11.8 Å². The Morgan fingerprint density at radius 3 is 2.24 bits per heavy atom. The Balaban J connectivity index is 2.52. The molecular formula is C14H14O2S. The molecule has 2 nitrogen and oxygen atoms in total. The van der Waals surface area contributed by atoms with Gasteiger partial charge in [0.1, 0.15) is 0 Å². The van der Waals surface area contributed by atoms with Crippen LogP contribution in [-0.2, 0) is 4.89 Å². The zero-order chi connectivity index (χ0) is 12.1. The minimum atomic E-state index is 0.733. The molecular weight excluding hydrogens is 232 g/mol. The third-order valence-electron chi connectivity index (χ3n) is 2.46. The maximum absolute atomic E-state index is 5.18. The molecule has 0 fully saturated rings. The van der Waals surface area contributed by atoms with Gasteiger partial charge in [0.25, 0.3) is 0 Å². The van der Waals surface area contributed by atoms with E-state index in [1.54, 1.807) is 11.8 Å². The highest BCUT2D eigenvalue weighted by Gasteiger charge is 2.09. The molecule has 2 aromatic rings. The normalized spacial score (nSPS) is 10.2. The fourth-order valence-corrected chi connectivity index (χ4v) is 2.33. The Labute approximate surface area is 105 Å². The highest BCUT2D eigenvalue weighted by molar-refractivity contribution is 7.98. The van der Waals surface area contributed by atoms with Crippen LogP contribution in [0.5, 0.6) is 5.75 Å². The lowest BCUT2D eigenvalue weighted by Crippen LogP contribution is -1.93. The zero-order valence-electron chi connectivity index (χ0n) is 9.84. The number of benzene rings is 2. The summed E-state index contributed by atoms with van der Waals surface area (Å²) in [6.07, 6.45) is 2.07. The van der Waals surface area contributed by atoms with Gasteiger partial charge in [-0.3, -0.25) is 0 Å². The molecule has 2 rings (SSSR count). The van der Waals surface area contributed by atoms with Crippen LogP contribution in [0.3, 0.4) is 0 Å². The zero-order valence-corrected chi connectivity index (χ0v) is 10.7. The van der Waals surface area contributed by atoms with E-state index in [1.807, 2.05) is 36.4 Å². The molecule has 0 aliphatic carbocycles. The third-order valence-corrected chi connectivity index (χ3v) is 3.25. The predicted molar refractivity (Wildman–Crippen MR) is 71.3 cm³/mol. The Kier molecular flexibility index (Phi) is 4.07. The van der Waals surface area contributed by atoms with Gasteiger partial charge >= 0.3 is 0 Å². The van der Waals surface area contributed by atoms with Gasteiger partial charge in [0, 0.05) is 10.5 Å². The fourth-order valence-electron chi connectivity index (χ4n) is 1.72. The van der Waals surface area contributed by atoms with Crippen LogP contribution in [0, 0.1) is 0 Å². The van der Waals surface area contributed by atoms with E-state index in [9.17, 15) is 0 Å². The van der Waals surface area contributed by atoms with Crippen molar-refractivity contribution in [1.82, 2.24) is 0 Å². The molecule has 0 aliphatic rings. The van der Waals surface area contributed by atoms with Gasteiger partial charge in [-0.1, -0.05) is 36.4 Å². The van der Waals surface area contributed by atoms with Gasteiger partial charge < -0.3 is 4.89 Å². The van der Waals surface area contributed by atoms with Crippen LogP contribution in [0.2, 0.25) is 0 Å². The summed E-state index contributed by atoms with van der Waals surface area (Å²) in [7, 11) is 1.51. The SMILES string of the molecule is COOc1ccccc1-c1ccccc1SC. The number of hydrogen-bond donors (Lipinski definition) is 0. The highest BCUT2D eigenvalue weighted by Crippen LogP contribution is 2.35. The van der Waals surface area contributed by atoms with Crippen LogP contribution in [-0.4, -0.2) is 13.4 Å². The van der Waals surface area contributed by atoms with Gasteiger partial charge in [0.2, 0.25) is 0 Å². The van der Waals surface area contributed by atoms with Crippen molar-refractivity contribution in [3.05, 3.63) is 48.5 Å². The van der Waals surface area contributed by atoms with Crippen molar-refractivity contribution in [2.45, 2.75) is 4.90 Å². The molecule has 0 aromatic heterocycles. The first-order valence-corrected chi connectivity index (χ1v) is 6.52. The standard InChI is InChI=1S/C14H14O2S/c1-15-16-13-9-5-3-7-11(13)12-8-4-6-10-14(12)17-2/h3-10H,1-2H3. The summed E-state index contributed by atoms with van der Waals surface area (Å²) in [6.45, 7) is 0. The summed E-state index contributed by atoms with van der Waals surface area (Å²) in [4.78, 5) is 11.2. The molecule has 0 aliphatic heterocycles. The van der Waals surface area contributed by atoms with Crippen LogP contribution < -0.4 is 4.89 Å². The second-order valence-corrected chi connectivity index (χ2v) is 4.29. The molecule has 0 atom stereocenters. The molecule has 0 radical (unpaired) electrons. The molecule has 0 heterocycles. The Morgan fingerprint density at radius 2 is 1.53 bits per heavy atom. The first kappa shape index (κ1) is 12.0. The van der Waals surface area contributed by atoms with Crippen LogP contribution in [0.4, 0.5) is 0 Å². The first-order valence-electron chi connectivity index (χ1n) is 5.30. The Bertz CT molecular complexity index is 497. The van der Waals surface area contributed by atoms with E-state index in [-0.39, 0.29) is 0 Å². The van der Waals surface area contributed by atoms with E-state index in [0.29, 0.717) is 0 Å². The van der Waals surface area contributed by atoms with Crippen LogP contribution in [0.25, 0.3) is 11.1 Å². The van der Waals surface area contributed by atoms with Crippen LogP contribution in [0.1, 0.15) is 0 Å². The molecule has 0 bridgehead atoms. The molecule has 17 heavy (non-hydrogen) atoms. The molecule has 0 amide bonds. The second-order valence-electron chi connectivity index (χ2n) is 3.45. The molecule has 0 spiro atoms. The lowest BCUT2D eigenvalue weighted by Gasteiger charge is -2.11. The van der Waals surface area contributed by atoms with Crippen molar-refractivity contribution in [3.8, 4) is 16.9 Å². The van der Waals surface area contributed by atoms with Crippen molar-refractivity contribution in [1.29, 1.82) is 0 Å². The lowest BCUT2D eigenvalue weighted by atomic mass is 10.0. The van der Waals surface area contributed by atoms with Crippen molar-refractivity contribution in [2.24, 2.45) is 0 Å². The van der Waals surface area contributed by atoms with Crippen molar-refractivity contribution in [2.75, 3.05) is 13.4 Å². The summed E-state index contributed by atoms with van der Waals surface area (Å²) in [5.41, 5.74) is 2.20. The van der Waals surface area contributed by atoms with Gasteiger partial charge in [-0.05, 0) is 24.0 Å². The summed E-state index contributed by atoms with van der Waals surface area (Å²) in [5, 5.41) is 0. The molecule has 2 aromatic carbocycles. The van der Waals surface area contributed by atoms with Crippen molar-refractivity contribution < 1.29 is 9.78 Å². The van der Waals surface area contributed by atoms with Gasteiger partial charge in [-0.15, -0.1) is 11.8 Å². The van der Waals surface area contributed by atoms with Crippen molar-refractivity contribution >= 4 is 11.8 Å². The minimum absolute atomic E-state index is 0.733. The maximum atomic E-state index is 5.18. The molecule has 0 saturated heterocycles. The average Bonchev–Trinajstić information content (AvgIpc) is 2.40. The number of hydrogen-bond acceptors (Lipinski definition) is 3. The summed E-state index contributed by atoms with van der Waals surface area (Å²) >= 11 is 1.72. The highest BCUT2D eigenvalue weighted by atomic mass is 32.2. The van der Waals surface area contributed by atoms with Crippen molar-refractivity contribution in [3.63, 3.8) is 0 Å². The maximum Gasteiger partial charge on any atom is 0.173 e. The van der Waals surface area contributed by atoms with Gasteiger partial charge in [-0.25, -0.2) is 0 Å². The summed E-state index contributed by atoms with van der Waals surface area (Å²) < 4.78 is 0. The largest absolute Gasteiger partial charge is 0.337 e. The average molecular weight is 246 g/mol. The van der Waals surface area contributed by atoms with E-state index in [1.165, 1.54) is 12.0 Å². The molecule has 0 saturated carbocycles. The van der Waals surface area contributed by atoms with E-state index in [0.717, 1.165) is 16.9 Å². The van der Waals surface area contributed by atoms with Crippen LogP contribution in [0.15, 0.2) is 53.4 Å². The Hall–Kier alpha value is -1.45. The quantitative estimate of drug-likeness (QED) is 0.461. The monoisotopic (exact) mass is 246 g/mol. The molecule has 0 N–H and O–H groups in total. The number of rotatable bonds is 4. The molecule has 0 unspecified atom stereocenters. The van der Waals surface area contributed by atoms with E-state index >= 15 is 0 Å². The lowest BCUT2D eigenvalue weighted by molar-refractivity contribution is -0.177. The molecule has 3 heteroatoms. The second kappa shape index (κ2) is 5.75. The first-order chi connectivity index (χ1) is 8.36. The third kappa shape index (κ3) is 2.62.